The molecular formula is C19H38N6O. The van der Waals surface area contributed by atoms with Crippen LogP contribution >= 0.6 is 0 Å². The zero-order valence-corrected chi connectivity index (χ0v) is 17.6. The van der Waals surface area contributed by atoms with Crippen molar-refractivity contribution in [3.63, 3.8) is 0 Å². The molecule has 0 aromatic carbocycles. The first-order valence-electron chi connectivity index (χ1n) is 9.53. The van der Waals surface area contributed by atoms with Crippen molar-refractivity contribution in [2.45, 2.75) is 52.2 Å². The van der Waals surface area contributed by atoms with Crippen LogP contribution in [0, 0.1) is 0 Å². The molecule has 1 rings (SSSR count). The standard InChI is InChI=1S/C10H21N3.C9H17N3O/c1-10(2,3)12-9-11-7-6-8-13(4)5;1-2-10-8-12-4-3-9-7-11-5-6-13-9/h6-8H2,1-5H3;9,11H,2-7H2,1H3. The number of aliphatic imine (C=N–C) groups is 4. The van der Waals surface area contributed by atoms with Gasteiger partial charge in [0, 0.05) is 19.6 Å². The van der Waals surface area contributed by atoms with Crippen molar-refractivity contribution in [1.29, 1.82) is 0 Å². The minimum Gasteiger partial charge on any atom is -0.376 e. The first-order chi connectivity index (χ1) is 12.3. The van der Waals surface area contributed by atoms with E-state index in [2.05, 4.69) is 56.3 Å². The van der Waals surface area contributed by atoms with Gasteiger partial charge in [-0.05, 0) is 61.2 Å². The van der Waals surface area contributed by atoms with Crippen LogP contribution in [-0.2, 0) is 4.74 Å². The van der Waals surface area contributed by atoms with Crippen LogP contribution in [0.15, 0.2) is 20.0 Å². The van der Waals surface area contributed by atoms with Crippen molar-refractivity contribution >= 4 is 12.0 Å². The average molecular weight is 367 g/mol. The van der Waals surface area contributed by atoms with Gasteiger partial charge in [0.1, 0.15) is 0 Å². The molecule has 1 fully saturated rings. The summed E-state index contributed by atoms with van der Waals surface area (Å²) >= 11 is 0. The van der Waals surface area contributed by atoms with E-state index >= 15 is 0 Å². The molecule has 1 N–H and O–H groups in total. The Hall–Kier alpha value is -1.36. The third-order valence-electron chi connectivity index (χ3n) is 3.20. The van der Waals surface area contributed by atoms with Crippen molar-refractivity contribution in [1.82, 2.24) is 10.2 Å². The van der Waals surface area contributed by atoms with Crippen molar-refractivity contribution < 1.29 is 4.74 Å². The summed E-state index contributed by atoms with van der Waals surface area (Å²) < 4.78 is 5.50. The Morgan fingerprint density at radius 1 is 1.12 bits per heavy atom. The maximum absolute atomic E-state index is 5.50. The zero-order chi connectivity index (χ0) is 19.7. The molecule has 1 aliphatic rings. The summed E-state index contributed by atoms with van der Waals surface area (Å²) in [6.45, 7) is 14.2. The number of morpholine rings is 1. The molecule has 26 heavy (non-hydrogen) atoms. The summed E-state index contributed by atoms with van der Waals surface area (Å²) in [6.07, 6.45) is 2.35. The maximum Gasteiger partial charge on any atom is 0.0898 e. The lowest BCUT2D eigenvalue weighted by atomic mass is 10.1. The molecule has 0 aromatic rings. The van der Waals surface area contributed by atoms with E-state index in [1.54, 1.807) is 0 Å². The molecule has 7 nitrogen and oxygen atoms in total. The van der Waals surface area contributed by atoms with Gasteiger partial charge in [0.05, 0.1) is 43.4 Å². The molecule has 0 amide bonds. The highest BCUT2D eigenvalue weighted by atomic mass is 16.5. The number of nitrogens with one attached hydrogen (secondary N) is 1. The number of hydrogen-bond donors (Lipinski definition) is 1. The Morgan fingerprint density at radius 3 is 2.42 bits per heavy atom. The third-order valence-corrected chi connectivity index (χ3v) is 3.20. The molecule has 150 valence electrons. The van der Waals surface area contributed by atoms with E-state index in [0.717, 1.165) is 58.7 Å². The van der Waals surface area contributed by atoms with Crippen LogP contribution in [0.5, 0.6) is 0 Å². The number of ether oxygens (including phenoxy) is 1. The largest absolute Gasteiger partial charge is 0.376 e. The number of hydrogen-bond acceptors (Lipinski definition) is 7. The first-order valence-corrected chi connectivity index (χ1v) is 9.53. The Labute approximate surface area is 159 Å². The lowest BCUT2D eigenvalue weighted by molar-refractivity contribution is 0.0253. The van der Waals surface area contributed by atoms with Crippen molar-refractivity contribution in [2.75, 3.05) is 60.0 Å². The van der Waals surface area contributed by atoms with E-state index in [1.807, 2.05) is 27.7 Å². The second kappa shape index (κ2) is 15.9. The van der Waals surface area contributed by atoms with Gasteiger partial charge < -0.3 is 15.0 Å². The van der Waals surface area contributed by atoms with Gasteiger partial charge in [-0.15, -0.1) is 0 Å². The Morgan fingerprint density at radius 2 is 1.85 bits per heavy atom. The van der Waals surface area contributed by atoms with E-state index in [4.69, 9.17) is 4.74 Å². The molecule has 0 saturated carbocycles. The lowest BCUT2D eigenvalue weighted by Gasteiger charge is -2.22. The van der Waals surface area contributed by atoms with Crippen LogP contribution in [0.1, 0.15) is 40.5 Å². The fourth-order valence-electron chi connectivity index (χ4n) is 1.89. The van der Waals surface area contributed by atoms with Gasteiger partial charge in [-0.3, -0.25) is 0 Å². The highest BCUT2D eigenvalue weighted by Gasteiger charge is 2.11. The summed E-state index contributed by atoms with van der Waals surface area (Å²) in [5.41, 5.74) is -0.0505. The van der Waals surface area contributed by atoms with Crippen molar-refractivity contribution in [3.05, 3.63) is 0 Å². The molecule has 1 saturated heterocycles. The molecule has 0 radical (unpaired) electrons. The van der Waals surface area contributed by atoms with Crippen LogP contribution < -0.4 is 5.32 Å². The average Bonchev–Trinajstić information content (AvgIpc) is 2.58. The van der Waals surface area contributed by atoms with Crippen LogP contribution in [0.3, 0.4) is 0 Å². The van der Waals surface area contributed by atoms with E-state index in [-0.39, 0.29) is 5.54 Å². The van der Waals surface area contributed by atoms with Gasteiger partial charge in [0.15, 0.2) is 0 Å². The fraction of sp³-hybridized carbons (Fsp3) is 0.895. The third kappa shape index (κ3) is 19.0. The summed E-state index contributed by atoms with van der Waals surface area (Å²) in [4.78, 5) is 18.3. The molecule has 1 unspecified atom stereocenters. The number of nitrogens with zero attached hydrogens (tertiary/aromatic N) is 5. The predicted octanol–water partition coefficient (Wildman–Crippen LogP) is 2.47. The summed E-state index contributed by atoms with van der Waals surface area (Å²) in [7, 11) is 4.12. The van der Waals surface area contributed by atoms with Gasteiger partial charge in [-0.2, -0.15) is 0 Å². The quantitative estimate of drug-likeness (QED) is 0.530. The number of rotatable bonds is 8. The highest BCUT2D eigenvalue weighted by molar-refractivity contribution is 5.42. The van der Waals surface area contributed by atoms with Gasteiger partial charge in [-0.25, -0.2) is 20.0 Å². The van der Waals surface area contributed by atoms with E-state index in [0.29, 0.717) is 6.10 Å². The molecule has 0 aromatic heterocycles. The normalized spacial score (nSPS) is 16.7. The minimum absolute atomic E-state index is 0.0505. The molecule has 7 heteroatoms. The van der Waals surface area contributed by atoms with Gasteiger partial charge in [0.25, 0.3) is 0 Å². The predicted molar refractivity (Wildman–Crippen MR) is 110 cm³/mol. The SMILES string of the molecule is CCN=C=NCCC1CNCCO1.CN(C)CCCN=C=NC(C)(C)C. The molecule has 1 aliphatic heterocycles. The monoisotopic (exact) mass is 366 g/mol. The second-order valence-corrected chi connectivity index (χ2v) is 7.36. The van der Waals surface area contributed by atoms with Gasteiger partial charge >= 0.3 is 0 Å². The van der Waals surface area contributed by atoms with E-state index in [9.17, 15) is 0 Å². The molecule has 0 bridgehead atoms. The van der Waals surface area contributed by atoms with Gasteiger partial charge in [-0.1, -0.05) is 0 Å². The Balaban J connectivity index is 0.000000481. The van der Waals surface area contributed by atoms with Crippen LogP contribution in [0.25, 0.3) is 0 Å². The van der Waals surface area contributed by atoms with Gasteiger partial charge in [0.2, 0.25) is 0 Å². The van der Waals surface area contributed by atoms with Crippen LogP contribution in [0.2, 0.25) is 0 Å². The first kappa shape index (κ1) is 24.6. The van der Waals surface area contributed by atoms with Crippen molar-refractivity contribution in [3.8, 4) is 0 Å². The topological polar surface area (TPSA) is 73.9 Å². The molecule has 1 atom stereocenters. The molecule has 0 spiro atoms. The molecule has 0 aliphatic carbocycles. The molecule has 1 heterocycles. The van der Waals surface area contributed by atoms with Crippen molar-refractivity contribution in [2.24, 2.45) is 20.0 Å². The van der Waals surface area contributed by atoms with Crippen LogP contribution in [-0.4, -0.2) is 88.5 Å². The van der Waals surface area contributed by atoms with Crippen LogP contribution in [0.4, 0.5) is 0 Å². The molecular weight excluding hydrogens is 328 g/mol. The maximum atomic E-state index is 5.50. The minimum atomic E-state index is -0.0505. The van der Waals surface area contributed by atoms with E-state index < -0.39 is 0 Å². The Bertz CT molecular complexity index is 451. The second-order valence-electron chi connectivity index (χ2n) is 7.36. The summed E-state index contributed by atoms with van der Waals surface area (Å²) in [6, 6.07) is 5.38. The fourth-order valence-corrected chi connectivity index (χ4v) is 1.89. The summed E-state index contributed by atoms with van der Waals surface area (Å²) in [5.74, 6) is 0. The smallest absolute Gasteiger partial charge is 0.0898 e. The zero-order valence-electron chi connectivity index (χ0n) is 17.6. The summed E-state index contributed by atoms with van der Waals surface area (Å²) in [5, 5.41) is 3.28. The lowest BCUT2D eigenvalue weighted by Crippen LogP contribution is -2.38. The Kier molecular flexibility index (Phi) is 15.0. The van der Waals surface area contributed by atoms with E-state index in [1.165, 1.54) is 0 Å². The highest BCUT2D eigenvalue weighted by Crippen LogP contribution is 2.03.